The van der Waals surface area contributed by atoms with Gasteiger partial charge in [-0.1, -0.05) is 29.5 Å². The van der Waals surface area contributed by atoms with Crippen molar-refractivity contribution in [2.24, 2.45) is 0 Å². The summed E-state index contributed by atoms with van der Waals surface area (Å²) in [6.45, 7) is 2.48. The maximum Gasteiger partial charge on any atom is 0.254 e. The van der Waals surface area contributed by atoms with Gasteiger partial charge in [0.25, 0.3) is 5.91 Å². The number of rotatable bonds is 5. The number of hydrogen-bond acceptors (Lipinski definition) is 6. The van der Waals surface area contributed by atoms with Crippen LogP contribution in [-0.4, -0.2) is 53.6 Å². The van der Waals surface area contributed by atoms with E-state index in [0.29, 0.717) is 23.7 Å². The molecule has 1 atom stereocenters. The standard InChI is InChI=1S/C23H25N5O2S/c1-15-7-4-5-8-18(15)22(30)28-14-6-9-19(28)20(29)24-23-26-25-21(31-23)16-10-12-17(13-11-16)27(2)3/h4-5,7-8,10-13,19H,6,9,14H2,1-3H3,(H,24,26,29). The molecule has 0 spiro atoms. The summed E-state index contributed by atoms with van der Waals surface area (Å²) in [6.07, 6.45) is 1.44. The van der Waals surface area contributed by atoms with Crippen LogP contribution in [0.2, 0.25) is 0 Å². The van der Waals surface area contributed by atoms with Gasteiger partial charge in [-0.05, 0) is 55.7 Å². The van der Waals surface area contributed by atoms with Gasteiger partial charge in [0, 0.05) is 37.5 Å². The molecular weight excluding hydrogens is 410 g/mol. The number of benzene rings is 2. The monoisotopic (exact) mass is 435 g/mol. The van der Waals surface area contributed by atoms with E-state index in [-0.39, 0.29) is 11.8 Å². The van der Waals surface area contributed by atoms with Crippen molar-refractivity contribution in [1.82, 2.24) is 15.1 Å². The van der Waals surface area contributed by atoms with Crippen molar-refractivity contribution in [3.8, 4) is 10.6 Å². The minimum Gasteiger partial charge on any atom is -0.378 e. The van der Waals surface area contributed by atoms with Crippen LogP contribution in [0.5, 0.6) is 0 Å². The third-order valence-corrected chi connectivity index (χ3v) is 6.37. The molecule has 1 fully saturated rings. The number of nitrogens with zero attached hydrogens (tertiary/aromatic N) is 4. The fourth-order valence-electron chi connectivity index (χ4n) is 3.73. The third-order valence-electron chi connectivity index (χ3n) is 5.48. The molecule has 1 unspecified atom stereocenters. The maximum absolute atomic E-state index is 13.0. The van der Waals surface area contributed by atoms with Crippen LogP contribution in [0, 0.1) is 6.92 Å². The number of aryl methyl sites for hydroxylation is 1. The lowest BCUT2D eigenvalue weighted by molar-refractivity contribution is -0.119. The van der Waals surface area contributed by atoms with Gasteiger partial charge in [0.15, 0.2) is 0 Å². The average Bonchev–Trinajstić information content (AvgIpc) is 3.43. The normalized spacial score (nSPS) is 15.7. The van der Waals surface area contributed by atoms with Gasteiger partial charge in [0.2, 0.25) is 11.0 Å². The Hall–Kier alpha value is -3.26. The molecule has 1 aromatic heterocycles. The van der Waals surface area contributed by atoms with E-state index in [9.17, 15) is 9.59 Å². The van der Waals surface area contributed by atoms with E-state index in [0.717, 1.165) is 28.2 Å². The maximum atomic E-state index is 13.0. The Bertz CT molecular complexity index is 1090. The number of carbonyl (C=O) groups is 2. The predicted octanol–water partition coefficient (Wildman–Crippen LogP) is 3.82. The van der Waals surface area contributed by atoms with Crippen LogP contribution in [0.3, 0.4) is 0 Å². The van der Waals surface area contributed by atoms with E-state index in [1.54, 1.807) is 4.90 Å². The zero-order valence-electron chi connectivity index (χ0n) is 17.8. The van der Waals surface area contributed by atoms with Crippen molar-refractivity contribution >= 4 is 34.0 Å². The molecule has 7 nitrogen and oxygen atoms in total. The lowest BCUT2D eigenvalue weighted by Gasteiger charge is -2.24. The zero-order valence-corrected chi connectivity index (χ0v) is 18.6. The number of aromatic nitrogens is 2. The van der Waals surface area contributed by atoms with Gasteiger partial charge in [-0.2, -0.15) is 0 Å². The molecule has 4 rings (SSSR count). The van der Waals surface area contributed by atoms with Gasteiger partial charge < -0.3 is 9.80 Å². The molecule has 1 N–H and O–H groups in total. The second-order valence-corrected chi connectivity index (χ2v) is 8.79. The summed E-state index contributed by atoms with van der Waals surface area (Å²) in [6, 6.07) is 15.0. The van der Waals surface area contributed by atoms with Crippen molar-refractivity contribution in [2.45, 2.75) is 25.8 Å². The first-order chi connectivity index (χ1) is 14.9. The van der Waals surface area contributed by atoms with Crippen LogP contribution >= 0.6 is 11.3 Å². The van der Waals surface area contributed by atoms with Crippen LogP contribution in [0.4, 0.5) is 10.8 Å². The van der Waals surface area contributed by atoms with Crippen LogP contribution in [-0.2, 0) is 4.79 Å². The second kappa shape index (κ2) is 8.85. The van der Waals surface area contributed by atoms with Gasteiger partial charge in [0.05, 0.1) is 0 Å². The summed E-state index contributed by atoms with van der Waals surface area (Å²) in [5.41, 5.74) is 3.59. The van der Waals surface area contributed by atoms with E-state index >= 15 is 0 Å². The Kier molecular flexibility index (Phi) is 5.99. The summed E-state index contributed by atoms with van der Waals surface area (Å²) in [5, 5.41) is 12.4. The largest absolute Gasteiger partial charge is 0.378 e. The first-order valence-corrected chi connectivity index (χ1v) is 11.0. The second-order valence-electron chi connectivity index (χ2n) is 7.81. The molecule has 1 aliphatic heterocycles. The highest BCUT2D eigenvalue weighted by Crippen LogP contribution is 2.29. The fraction of sp³-hybridized carbons (Fsp3) is 0.304. The molecular formula is C23H25N5O2S. The lowest BCUT2D eigenvalue weighted by Crippen LogP contribution is -2.43. The smallest absolute Gasteiger partial charge is 0.254 e. The van der Waals surface area contributed by atoms with E-state index < -0.39 is 6.04 Å². The van der Waals surface area contributed by atoms with Crippen LogP contribution in [0.25, 0.3) is 10.6 Å². The zero-order chi connectivity index (χ0) is 22.0. The Morgan fingerprint density at radius 3 is 2.55 bits per heavy atom. The van der Waals surface area contributed by atoms with Gasteiger partial charge >= 0.3 is 0 Å². The Morgan fingerprint density at radius 1 is 1.10 bits per heavy atom. The highest BCUT2D eigenvalue weighted by Gasteiger charge is 2.35. The van der Waals surface area contributed by atoms with Gasteiger partial charge in [-0.3, -0.25) is 14.9 Å². The van der Waals surface area contributed by atoms with Gasteiger partial charge in [-0.15, -0.1) is 10.2 Å². The summed E-state index contributed by atoms with van der Waals surface area (Å²) in [7, 11) is 3.98. The predicted molar refractivity (Wildman–Crippen MR) is 124 cm³/mol. The molecule has 2 aromatic carbocycles. The molecule has 1 aliphatic rings. The van der Waals surface area contributed by atoms with Crippen LogP contribution in [0.1, 0.15) is 28.8 Å². The minimum absolute atomic E-state index is 0.102. The molecule has 0 radical (unpaired) electrons. The quantitative estimate of drug-likeness (QED) is 0.659. The van der Waals surface area contributed by atoms with Crippen LogP contribution in [0.15, 0.2) is 48.5 Å². The molecule has 0 saturated carbocycles. The first-order valence-electron chi connectivity index (χ1n) is 10.2. The summed E-state index contributed by atoms with van der Waals surface area (Å²) >= 11 is 1.32. The third kappa shape index (κ3) is 4.44. The number of carbonyl (C=O) groups excluding carboxylic acids is 2. The number of anilines is 2. The molecule has 8 heteroatoms. The highest BCUT2D eigenvalue weighted by molar-refractivity contribution is 7.18. The van der Waals surface area contributed by atoms with Gasteiger partial charge in [0.1, 0.15) is 11.0 Å². The molecule has 1 saturated heterocycles. The van der Waals surface area contributed by atoms with Crippen molar-refractivity contribution in [3.63, 3.8) is 0 Å². The number of hydrogen-bond donors (Lipinski definition) is 1. The summed E-state index contributed by atoms with van der Waals surface area (Å²) in [4.78, 5) is 29.7. The first kappa shape index (κ1) is 21.0. The topological polar surface area (TPSA) is 78.4 Å². The Labute approximate surface area is 185 Å². The lowest BCUT2D eigenvalue weighted by atomic mass is 10.1. The molecule has 31 heavy (non-hydrogen) atoms. The molecule has 3 aromatic rings. The number of nitrogens with one attached hydrogen (secondary N) is 1. The van der Waals surface area contributed by atoms with Crippen molar-refractivity contribution in [2.75, 3.05) is 30.9 Å². The van der Waals surface area contributed by atoms with Crippen molar-refractivity contribution in [3.05, 3.63) is 59.7 Å². The Balaban J connectivity index is 1.45. The van der Waals surface area contributed by atoms with E-state index in [2.05, 4.69) is 15.5 Å². The molecule has 2 amide bonds. The van der Waals surface area contributed by atoms with Crippen molar-refractivity contribution < 1.29 is 9.59 Å². The number of likely N-dealkylation sites (tertiary alicyclic amines) is 1. The fourth-order valence-corrected chi connectivity index (χ4v) is 4.48. The molecule has 0 bridgehead atoms. The molecule has 0 aliphatic carbocycles. The average molecular weight is 436 g/mol. The molecule has 2 heterocycles. The van der Waals surface area contributed by atoms with Gasteiger partial charge in [-0.25, -0.2) is 0 Å². The van der Waals surface area contributed by atoms with E-state index in [1.165, 1.54) is 11.3 Å². The summed E-state index contributed by atoms with van der Waals surface area (Å²) < 4.78 is 0. The Morgan fingerprint density at radius 2 is 1.84 bits per heavy atom. The SMILES string of the molecule is Cc1ccccc1C(=O)N1CCCC1C(=O)Nc1nnc(-c2ccc(N(C)C)cc2)s1. The molecule has 160 valence electrons. The minimum atomic E-state index is -0.501. The van der Waals surface area contributed by atoms with E-state index in [1.807, 2.05) is 74.4 Å². The highest BCUT2D eigenvalue weighted by atomic mass is 32.1. The van der Waals surface area contributed by atoms with Crippen molar-refractivity contribution in [1.29, 1.82) is 0 Å². The summed E-state index contributed by atoms with van der Waals surface area (Å²) in [5.74, 6) is -0.320. The van der Waals surface area contributed by atoms with Crippen LogP contribution < -0.4 is 10.2 Å². The van der Waals surface area contributed by atoms with E-state index in [4.69, 9.17) is 0 Å². The number of amides is 2.